The number of nitrogens with two attached hydrogens (primary N) is 1. The fourth-order valence-corrected chi connectivity index (χ4v) is 3.42. The highest BCUT2D eigenvalue weighted by molar-refractivity contribution is 5.79. The van der Waals surface area contributed by atoms with Gasteiger partial charge < -0.3 is 16.0 Å². The number of carbonyl (C=O) groups excluding carboxylic acids is 1. The maximum Gasteiger partial charge on any atom is 0.224 e. The lowest BCUT2D eigenvalue weighted by molar-refractivity contribution is -0.125. The van der Waals surface area contributed by atoms with Gasteiger partial charge in [0.05, 0.1) is 5.92 Å². The van der Waals surface area contributed by atoms with Crippen LogP contribution in [-0.4, -0.2) is 25.5 Å². The van der Waals surface area contributed by atoms with Gasteiger partial charge in [0, 0.05) is 31.4 Å². The van der Waals surface area contributed by atoms with E-state index < -0.39 is 0 Å². The van der Waals surface area contributed by atoms with E-state index in [1.807, 2.05) is 37.3 Å². The molecule has 0 bridgehead atoms. The van der Waals surface area contributed by atoms with Crippen molar-refractivity contribution in [2.24, 2.45) is 17.6 Å². The normalized spacial score (nSPS) is 19.2. The molecule has 1 aliphatic heterocycles. The summed E-state index contributed by atoms with van der Waals surface area (Å²) in [7, 11) is 0. The van der Waals surface area contributed by atoms with Crippen LogP contribution in [0.25, 0.3) is 0 Å². The molecule has 3 atom stereocenters. The van der Waals surface area contributed by atoms with Crippen LogP contribution >= 0.6 is 0 Å². The van der Waals surface area contributed by atoms with Crippen molar-refractivity contribution in [1.29, 1.82) is 0 Å². The average molecular weight is 355 g/mol. The number of amides is 1. The number of benzene rings is 2. The van der Waals surface area contributed by atoms with Gasteiger partial charge >= 0.3 is 0 Å². The molecule has 3 rings (SSSR count). The first-order valence-electron chi connectivity index (χ1n) is 9.13. The molecule has 138 valence electrons. The summed E-state index contributed by atoms with van der Waals surface area (Å²) in [6, 6.07) is 16.0. The minimum atomic E-state index is -0.310. The molecule has 3 unspecified atom stereocenters. The molecule has 0 spiro atoms. The SMILES string of the molecule is CC(C(=O)NCC1CCN(c2ccc(F)cc2)C1)C(N)c1ccccc1. The molecule has 26 heavy (non-hydrogen) atoms. The molecular formula is C21H26FN3O. The molecule has 0 aliphatic carbocycles. The zero-order valence-corrected chi connectivity index (χ0v) is 15.1. The molecule has 5 heteroatoms. The molecule has 1 fully saturated rings. The van der Waals surface area contributed by atoms with Crippen LogP contribution < -0.4 is 16.0 Å². The number of nitrogens with zero attached hydrogens (tertiary/aromatic N) is 1. The van der Waals surface area contributed by atoms with E-state index in [0.717, 1.165) is 30.8 Å². The van der Waals surface area contributed by atoms with Crippen LogP contribution in [0.4, 0.5) is 10.1 Å². The molecule has 0 aromatic heterocycles. The molecular weight excluding hydrogens is 329 g/mol. The predicted octanol–water partition coefficient (Wildman–Crippen LogP) is 3.10. The minimum Gasteiger partial charge on any atom is -0.371 e. The molecule has 1 saturated heterocycles. The lowest BCUT2D eigenvalue weighted by atomic mass is 9.94. The van der Waals surface area contributed by atoms with E-state index in [2.05, 4.69) is 10.2 Å². The van der Waals surface area contributed by atoms with Gasteiger partial charge in [-0.1, -0.05) is 37.3 Å². The number of nitrogens with one attached hydrogen (secondary N) is 1. The van der Waals surface area contributed by atoms with Gasteiger partial charge in [-0.3, -0.25) is 4.79 Å². The van der Waals surface area contributed by atoms with Crippen LogP contribution in [0, 0.1) is 17.7 Å². The van der Waals surface area contributed by atoms with Gasteiger partial charge in [-0.2, -0.15) is 0 Å². The molecule has 4 nitrogen and oxygen atoms in total. The van der Waals surface area contributed by atoms with Crippen molar-refractivity contribution in [3.63, 3.8) is 0 Å². The van der Waals surface area contributed by atoms with Crippen LogP contribution in [0.5, 0.6) is 0 Å². The Morgan fingerprint density at radius 1 is 1.23 bits per heavy atom. The van der Waals surface area contributed by atoms with E-state index in [1.54, 1.807) is 12.1 Å². The molecule has 1 heterocycles. The minimum absolute atomic E-state index is 0.0124. The Labute approximate surface area is 154 Å². The molecule has 1 amide bonds. The summed E-state index contributed by atoms with van der Waals surface area (Å²) >= 11 is 0. The second-order valence-electron chi connectivity index (χ2n) is 7.05. The largest absolute Gasteiger partial charge is 0.371 e. The molecule has 0 saturated carbocycles. The average Bonchev–Trinajstić information content (AvgIpc) is 3.15. The van der Waals surface area contributed by atoms with Crippen molar-refractivity contribution in [2.75, 3.05) is 24.5 Å². The van der Waals surface area contributed by atoms with Gasteiger partial charge in [0.25, 0.3) is 0 Å². The summed E-state index contributed by atoms with van der Waals surface area (Å²) < 4.78 is 13.0. The van der Waals surface area contributed by atoms with Gasteiger partial charge in [0.1, 0.15) is 5.82 Å². The van der Waals surface area contributed by atoms with Crippen molar-refractivity contribution >= 4 is 11.6 Å². The third-order valence-corrected chi connectivity index (χ3v) is 5.18. The topological polar surface area (TPSA) is 58.4 Å². The second-order valence-corrected chi connectivity index (χ2v) is 7.05. The summed E-state index contributed by atoms with van der Waals surface area (Å²) in [5, 5.41) is 3.05. The van der Waals surface area contributed by atoms with Crippen LogP contribution in [-0.2, 0) is 4.79 Å². The van der Waals surface area contributed by atoms with Gasteiger partial charge in [0.2, 0.25) is 5.91 Å². The van der Waals surface area contributed by atoms with E-state index in [4.69, 9.17) is 5.73 Å². The van der Waals surface area contributed by atoms with Crippen LogP contribution in [0.2, 0.25) is 0 Å². The Balaban J connectivity index is 1.48. The van der Waals surface area contributed by atoms with E-state index in [-0.39, 0.29) is 23.7 Å². The number of carbonyl (C=O) groups is 1. The highest BCUT2D eigenvalue weighted by Gasteiger charge is 2.26. The molecule has 2 aromatic carbocycles. The monoisotopic (exact) mass is 355 g/mol. The van der Waals surface area contributed by atoms with Gasteiger partial charge in [-0.15, -0.1) is 0 Å². The molecule has 2 aromatic rings. The van der Waals surface area contributed by atoms with Crippen LogP contribution in [0.3, 0.4) is 0 Å². The Kier molecular flexibility index (Phi) is 5.89. The number of anilines is 1. The Hall–Kier alpha value is -2.40. The van der Waals surface area contributed by atoms with Crippen LogP contribution in [0.1, 0.15) is 24.9 Å². The van der Waals surface area contributed by atoms with Gasteiger partial charge in [0.15, 0.2) is 0 Å². The van der Waals surface area contributed by atoms with Crippen molar-refractivity contribution < 1.29 is 9.18 Å². The molecule has 3 N–H and O–H groups in total. The van der Waals surface area contributed by atoms with Crippen molar-refractivity contribution in [2.45, 2.75) is 19.4 Å². The van der Waals surface area contributed by atoms with E-state index in [9.17, 15) is 9.18 Å². The summed E-state index contributed by atoms with van der Waals surface area (Å²) in [6.45, 7) is 4.30. The third-order valence-electron chi connectivity index (χ3n) is 5.18. The molecule has 0 radical (unpaired) electrons. The predicted molar refractivity (Wildman–Crippen MR) is 102 cm³/mol. The van der Waals surface area contributed by atoms with E-state index in [0.29, 0.717) is 12.5 Å². The van der Waals surface area contributed by atoms with Crippen molar-refractivity contribution in [3.8, 4) is 0 Å². The summed E-state index contributed by atoms with van der Waals surface area (Å²) in [5.41, 5.74) is 8.23. The first-order chi connectivity index (χ1) is 12.5. The maximum atomic E-state index is 13.0. The fourth-order valence-electron chi connectivity index (χ4n) is 3.42. The second kappa shape index (κ2) is 8.32. The zero-order valence-electron chi connectivity index (χ0n) is 15.1. The number of halogens is 1. The highest BCUT2D eigenvalue weighted by atomic mass is 19.1. The number of rotatable bonds is 6. The summed E-state index contributed by atoms with van der Waals surface area (Å²) in [5.74, 6) is -0.127. The van der Waals surface area contributed by atoms with Gasteiger partial charge in [-0.25, -0.2) is 4.39 Å². The first kappa shape index (κ1) is 18.4. The standard InChI is InChI=1S/C21H26FN3O/c1-15(20(23)17-5-3-2-4-6-17)21(26)24-13-16-11-12-25(14-16)19-9-7-18(22)8-10-19/h2-10,15-16,20H,11-14,23H2,1H3,(H,24,26). The Bertz CT molecular complexity index is 720. The zero-order chi connectivity index (χ0) is 18.5. The lowest BCUT2D eigenvalue weighted by Gasteiger charge is -2.21. The first-order valence-corrected chi connectivity index (χ1v) is 9.13. The Morgan fingerprint density at radius 3 is 2.62 bits per heavy atom. The van der Waals surface area contributed by atoms with Crippen molar-refractivity contribution in [3.05, 3.63) is 66.0 Å². The quantitative estimate of drug-likeness (QED) is 0.837. The highest BCUT2D eigenvalue weighted by Crippen LogP contribution is 2.24. The lowest BCUT2D eigenvalue weighted by Crippen LogP contribution is -2.38. The van der Waals surface area contributed by atoms with Crippen LogP contribution in [0.15, 0.2) is 54.6 Å². The van der Waals surface area contributed by atoms with Crippen molar-refractivity contribution in [1.82, 2.24) is 5.32 Å². The number of hydrogen-bond donors (Lipinski definition) is 2. The summed E-state index contributed by atoms with van der Waals surface area (Å²) in [4.78, 5) is 14.7. The van der Waals surface area contributed by atoms with E-state index in [1.165, 1.54) is 12.1 Å². The summed E-state index contributed by atoms with van der Waals surface area (Å²) in [6.07, 6.45) is 1.01. The fraction of sp³-hybridized carbons (Fsp3) is 0.381. The third kappa shape index (κ3) is 4.41. The molecule has 1 aliphatic rings. The van der Waals surface area contributed by atoms with E-state index >= 15 is 0 Å². The smallest absolute Gasteiger partial charge is 0.224 e. The number of hydrogen-bond acceptors (Lipinski definition) is 3. The van der Waals surface area contributed by atoms with Gasteiger partial charge in [-0.05, 0) is 42.2 Å². The Morgan fingerprint density at radius 2 is 1.92 bits per heavy atom. The maximum absolute atomic E-state index is 13.0.